The van der Waals surface area contributed by atoms with Gasteiger partial charge in [0.25, 0.3) is 0 Å². The lowest BCUT2D eigenvalue weighted by Gasteiger charge is -2.20. The maximum Gasteiger partial charge on any atom is 0.407 e. The number of hydrogen-bond acceptors (Lipinski definition) is 7. The van der Waals surface area contributed by atoms with Crippen LogP contribution in [0.25, 0.3) is 0 Å². The van der Waals surface area contributed by atoms with Crippen LogP contribution in [0.2, 0.25) is 0 Å². The quantitative estimate of drug-likeness (QED) is 0.164. The van der Waals surface area contributed by atoms with Crippen LogP contribution in [0, 0.1) is 0 Å². The number of ether oxygens (including phenoxy) is 2. The van der Waals surface area contributed by atoms with Crippen LogP contribution in [-0.4, -0.2) is 55.0 Å². The lowest BCUT2D eigenvalue weighted by molar-refractivity contribution is -0.129. The maximum absolute atomic E-state index is 13.2. The van der Waals surface area contributed by atoms with Gasteiger partial charge in [-0.2, -0.15) is 0 Å². The molecule has 46 heavy (non-hydrogen) atoms. The molecule has 0 fully saturated rings. The second-order valence-corrected chi connectivity index (χ2v) is 11.9. The number of amides is 3. The molecular weight excluding hydrogens is 584 g/mol. The first kappa shape index (κ1) is 35.8. The predicted octanol–water partition coefficient (Wildman–Crippen LogP) is 4.25. The van der Waals surface area contributed by atoms with Crippen molar-refractivity contribution in [3.63, 3.8) is 0 Å². The lowest BCUT2D eigenvalue weighted by Crippen LogP contribution is -2.48. The first-order chi connectivity index (χ1) is 22.0. The van der Waals surface area contributed by atoms with Gasteiger partial charge in [-0.05, 0) is 62.1 Å². The van der Waals surface area contributed by atoms with Gasteiger partial charge in [-0.3, -0.25) is 14.4 Å². The van der Waals surface area contributed by atoms with E-state index >= 15 is 0 Å². The Morgan fingerprint density at radius 3 is 1.98 bits per heavy atom. The Morgan fingerprint density at radius 2 is 1.37 bits per heavy atom. The highest BCUT2D eigenvalue weighted by Crippen LogP contribution is 2.13. The van der Waals surface area contributed by atoms with Crippen LogP contribution >= 0.6 is 0 Å². The van der Waals surface area contributed by atoms with E-state index < -0.39 is 17.7 Å². The van der Waals surface area contributed by atoms with E-state index in [0.29, 0.717) is 26.1 Å². The van der Waals surface area contributed by atoms with Crippen molar-refractivity contribution in [1.82, 2.24) is 21.3 Å². The summed E-state index contributed by atoms with van der Waals surface area (Å²) in [6.45, 7) is 8.96. The number of nitrogens with one attached hydrogen (secondary N) is 4. The summed E-state index contributed by atoms with van der Waals surface area (Å²) in [4.78, 5) is 50.3. The number of hydrogen-bond donors (Lipinski definition) is 4. The number of Topliss-reactive ketones (excluding diaryl/α,β-unsaturated/α-hetero) is 1. The Balaban J connectivity index is 1.45. The zero-order valence-corrected chi connectivity index (χ0v) is 27.2. The predicted molar refractivity (Wildman–Crippen MR) is 177 cm³/mol. The van der Waals surface area contributed by atoms with Crippen molar-refractivity contribution >= 4 is 23.7 Å². The van der Waals surface area contributed by atoms with Crippen LogP contribution in [0.3, 0.4) is 0 Å². The second-order valence-electron chi connectivity index (χ2n) is 11.9. The molecule has 0 unspecified atom stereocenters. The summed E-state index contributed by atoms with van der Waals surface area (Å²) in [6, 6.07) is 23.6. The minimum atomic E-state index is -0.770. The molecule has 3 aromatic carbocycles. The molecule has 1 atom stereocenters. The Bertz CT molecular complexity index is 1400. The Hall–Kier alpha value is -4.70. The second kappa shape index (κ2) is 18.3. The molecule has 3 aromatic rings. The highest BCUT2D eigenvalue weighted by atomic mass is 16.6. The standard InChI is InChI=1S/C36H46N4O6/c1-5-45-31-17-15-27(16-18-31)21-30(41)25-37-20-19-33(42)40-32(22-26-9-7-6-8-10-26)34(43)38-23-28-11-13-29(14-12-28)24-39-35(44)46-36(2,3)4/h6-18,32,37H,5,19-25H2,1-4H3,(H,38,43)(H,39,44)(H,40,42)/t32-/m0/s1. The number of carbonyl (C=O) groups excluding carboxylic acids is 4. The number of benzene rings is 3. The Kier molecular flexibility index (Phi) is 14.2. The number of ketones is 1. The van der Waals surface area contributed by atoms with Crippen molar-refractivity contribution < 1.29 is 28.7 Å². The molecule has 10 nitrogen and oxygen atoms in total. The van der Waals surface area contributed by atoms with Crippen molar-refractivity contribution in [2.75, 3.05) is 19.7 Å². The van der Waals surface area contributed by atoms with Crippen molar-refractivity contribution in [1.29, 1.82) is 0 Å². The lowest BCUT2D eigenvalue weighted by atomic mass is 10.0. The molecule has 246 valence electrons. The summed E-state index contributed by atoms with van der Waals surface area (Å²) in [5.41, 5.74) is 3.01. The SMILES string of the molecule is CCOc1ccc(CC(=O)CNCCC(=O)N[C@@H](Cc2ccccc2)C(=O)NCc2ccc(CNC(=O)OC(C)(C)C)cc2)cc1. The van der Waals surface area contributed by atoms with Gasteiger partial charge in [0.2, 0.25) is 11.8 Å². The largest absolute Gasteiger partial charge is 0.494 e. The average Bonchev–Trinajstić information content (AvgIpc) is 3.02. The number of rotatable bonds is 17. The van der Waals surface area contributed by atoms with E-state index in [1.54, 1.807) is 20.8 Å². The molecule has 4 N–H and O–H groups in total. The molecule has 0 bridgehead atoms. The van der Waals surface area contributed by atoms with Gasteiger partial charge >= 0.3 is 6.09 Å². The summed E-state index contributed by atoms with van der Waals surface area (Å²) in [7, 11) is 0. The van der Waals surface area contributed by atoms with Gasteiger partial charge in [-0.1, -0.05) is 66.7 Å². The fourth-order valence-electron chi connectivity index (χ4n) is 4.49. The Morgan fingerprint density at radius 1 is 0.761 bits per heavy atom. The van der Waals surface area contributed by atoms with Gasteiger partial charge in [-0.25, -0.2) is 4.79 Å². The molecule has 3 amide bonds. The molecule has 0 saturated heterocycles. The zero-order chi connectivity index (χ0) is 33.4. The summed E-state index contributed by atoms with van der Waals surface area (Å²) in [6.07, 6.45) is 0.256. The van der Waals surface area contributed by atoms with Crippen molar-refractivity contribution in [2.45, 2.75) is 71.7 Å². The van der Waals surface area contributed by atoms with Crippen molar-refractivity contribution in [3.8, 4) is 5.75 Å². The first-order valence-electron chi connectivity index (χ1n) is 15.6. The van der Waals surface area contributed by atoms with E-state index in [2.05, 4.69) is 21.3 Å². The van der Waals surface area contributed by atoms with E-state index in [9.17, 15) is 19.2 Å². The molecule has 0 saturated carbocycles. The van der Waals surface area contributed by atoms with Crippen molar-refractivity contribution in [2.24, 2.45) is 0 Å². The van der Waals surface area contributed by atoms with Gasteiger partial charge in [0.05, 0.1) is 13.2 Å². The van der Waals surface area contributed by atoms with Gasteiger partial charge in [0, 0.05) is 38.9 Å². The summed E-state index contributed by atoms with van der Waals surface area (Å²) < 4.78 is 10.7. The topological polar surface area (TPSA) is 135 Å². The van der Waals surface area contributed by atoms with Crippen LogP contribution < -0.4 is 26.0 Å². The highest BCUT2D eigenvalue weighted by molar-refractivity contribution is 5.88. The zero-order valence-electron chi connectivity index (χ0n) is 27.2. The molecule has 0 spiro atoms. The fraction of sp³-hybridized carbons (Fsp3) is 0.389. The molecule has 3 rings (SSSR count). The van der Waals surface area contributed by atoms with Crippen molar-refractivity contribution in [3.05, 3.63) is 101 Å². The fourth-order valence-corrected chi connectivity index (χ4v) is 4.49. The molecule has 0 aromatic heterocycles. The van der Waals surface area contributed by atoms with Gasteiger partial charge in [-0.15, -0.1) is 0 Å². The van der Waals surface area contributed by atoms with Crippen LogP contribution in [0.4, 0.5) is 4.79 Å². The minimum absolute atomic E-state index is 0.0123. The first-order valence-corrected chi connectivity index (χ1v) is 15.6. The minimum Gasteiger partial charge on any atom is -0.494 e. The normalized spacial score (nSPS) is 11.7. The third-order valence-electron chi connectivity index (χ3n) is 6.75. The maximum atomic E-state index is 13.2. The molecule has 0 aliphatic heterocycles. The molecule has 0 heterocycles. The number of alkyl carbamates (subject to hydrolysis) is 1. The monoisotopic (exact) mass is 630 g/mol. The molecular formula is C36H46N4O6. The van der Waals surface area contributed by atoms with Gasteiger partial charge in [0.15, 0.2) is 5.78 Å². The molecule has 0 aliphatic rings. The molecule has 10 heteroatoms. The van der Waals surface area contributed by atoms with Crippen LogP contribution in [0.15, 0.2) is 78.9 Å². The highest BCUT2D eigenvalue weighted by Gasteiger charge is 2.21. The third-order valence-corrected chi connectivity index (χ3v) is 6.75. The summed E-state index contributed by atoms with van der Waals surface area (Å²) in [5.74, 6) is 0.191. The van der Waals surface area contributed by atoms with E-state index in [0.717, 1.165) is 28.0 Å². The summed E-state index contributed by atoms with van der Waals surface area (Å²) >= 11 is 0. The van der Waals surface area contributed by atoms with Crippen LogP contribution in [0.5, 0.6) is 5.75 Å². The van der Waals surface area contributed by atoms with Gasteiger partial charge < -0.3 is 30.7 Å². The van der Waals surface area contributed by atoms with E-state index in [-0.39, 0.29) is 43.5 Å². The smallest absolute Gasteiger partial charge is 0.407 e. The molecule has 0 radical (unpaired) electrons. The summed E-state index contributed by atoms with van der Waals surface area (Å²) in [5, 5.41) is 11.5. The van der Waals surface area contributed by atoms with E-state index in [1.807, 2.05) is 85.8 Å². The van der Waals surface area contributed by atoms with Gasteiger partial charge in [0.1, 0.15) is 17.4 Å². The van der Waals surface area contributed by atoms with Crippen LogP contribution in [-0.2, 0) is 45.1 Å². The third kappa shape index (κ3) is 13.9. The average molecular weight is 631 g/mol. The van der Waals surface area contributed by atoms with E-state index in [4.69, 9.17) is 9.47 Å². The van der Waals surface area contributed by atoms with E-state index in [1.165, 1.54) is 0 Å². The van der Waals surface area contributed by atoms with Crippen LogP contribution in [0.1, 0.15) is 56.4 Å². The molecule has 0 aliphatic carbocycles. The Labute approximate surface area is 271 Å². The number of carbonyl (C=O) groups is 4.